The minimum absolute atomic E-state index is 0.141. The summed E-state index contributed by atoms with van der Waals surface area (Å²) in [4.78, 5) is 12.0. The highest BCUT2D eigenvalue weighted by Crippen LogP contribution is 2.22. The first-order valence-corrected chi connectivity index (χ1v) is 6.97. The molecule has 0 bridgehead atoms. The van der Waals surface area contributed by atoms with Gasteiger partial charge in [-0.05, 0) is 49.8 Å². The van der Waals surface area contributed by atoms with Crippen LogP contribution in [0.5, 0.6) is 5.75 Å². The number of hydrogen-bond donors (Lipinski definition) is 2. The third-order valence-corrected chi connectivity index (χ3v) is 3.86. The second-order valence-electron chi connectivity index (χ2n) is 5.34. The third-order valence-electron chi connectivity index (χ3n) is 3.86. The van der Waals surface area contributed by atoms with Crippen LogP contribution in [0.2, 0.25) is 0 Å². The standard InChI is InChI=1S/C15H21FN2O2/c1-20-14-7-4-11(8-13(14)16)15(19)18-9-10-2-5-12(17)6-3-10/h4,7-8,10,12H,2-3,5-6,9,17H2,1H3,(H,18,19). The zero-order valence-electron chi connectivity index (χ0n) is 11.7. The average molecular weight is 280 g/mol. The van der Waals surface area contributed by atoms with Gasteiger partial charge in [0.1, 0.15) is 0 Å². The number of nitrogens with two attached hydrogens (primary N) is 1. The molecule has 110 valence electrons. The second-order valence-corrected chi connectivity index (χ2v) is 5.34. The lowest BCUT2D eigenvalue weighted by Gasteiger charge is -2.26. The fourth-order valence-corrected chi connectivity index (χ4v) is 2.54. The number of carbonyl (C=O) groups excluding carboxylic acids is 1. The number of carbonyl (C=O) groups is 1. The number of methoxy groups -OCH3 is 1. The number of rotatable bonds is 4. The molecule has 1 fully saturated rings. The maximum atomic E-state index is 13.5. The molecule has 0 spiro atoms. The lowest BCUT2D eigenvalue weighted by atomic mass is 9.86. The van der Waals surface area contributed by atoms with Crippen LogP contribution in [0.3, 0.4) is 0 Å². The Morgan fingerprint density at radius 1 is 1.40 bits per heavy atom. The van der Waals surface area contributed by atoms with E-state index in [0.717, 1.165) is 25.7 Å². The Bertz CT molecular complexity index is 471. The second kappa shape index (κ2) is 6.70. The smallest absolute Gasteiger partial charge is 0.251 e. The number of nitrogens with one attached hydrogen (secondary N) is 1. The van der Waals surface area contributed by atoms with Crippen molar-refractivity contribution in [1.29, 1.82) is 0 Å². The van der Waals surface area contributed by atoms with Gasteiger partial charge in [0.25, 0.3) is 5.91 Å². The molecule has 0 radical (unpaired) electrons. The molecule has 3 N–H and O–H groups in total. The van der Waals surface area contributed by atoms with E-state index in [0.29, 0.717) is 24.1 Å². The van der Waals surface area contributed by atoms with Gasteiger partial charge in [0.05, 0.1) is 7.11 Å². The summed E-state index contributed by atoms with van der Waals surface area (Å²) in [5, 5.41) is 2.86. The summed E-state index contributed by atoms with van der Waals surface area (Å²) in [5.41, 5.74) is 6.16. The average Bonchev–Trinajstić information content (AvgIpc) is 2.46. The lowest BCUT2D eigenvalue weighted by Crippen LogP contribution is -2.34. The summed E-state index contributed by atoms with van der Waals surface area (Å²) in [5.74, 6) is -0.158. The Hall–Kier alpha value is -1.62. The fraction of sp³-hybridized carbons (Fsp3) is 0.533. The van der Waals surface area contributed by atoms with E-state index in [1.165, 1.54) is 19.2 Å². The maximum Gasteiger partial charge on any atom is 0.251 e. The van der Waals surface area contributed by atoms with Gasteiger partial charge >= 0.3 is 0 Å². The first-order chi connectivity index (χ1) is 9.60. The molecule has 2 rings (SSSR count). The van der Waals surface area contributed by atoms with Crippen LogP contribution in [0.25, 0.3) is 0 Å². The highest BCUT2D eigenvalue weighted by Gasteiger charge is 2.19. The Labute approximate surface area is 118 Å². The number of halogens is 1. The van der Waals surface area contributed by atoms with E-state index in [1.54, 1.807) is 6.07 Å². The Morgan fingerprint density at radius 2 is 2.10 bits per heavy atom. The van der Waals surface area contributed by atoms with Crippen molar-refractivity contribution in [3.8, 4) is 5.75 Å². The summed E-state index contributed by atoms with van der Waals surface area (Å²) in [6.07, 6.45) is 4.10. The van der Waals surface area contributed by atoms with Gasteiger partial charge in [0, 0.05) is 18.2 Å². The van der Waals surface area contributed by atoms with Crippen molar-refractivity contribution in [1.82, 2.24) is 5.32 Å². The van der Waals surface area contributed by atoms with Gasteiger partial charge in [-0.3, -0.25) is 4.79 Å². The van der Waals surface area contributed by atoms with Gasteiger partial charge in [-0.2, -0.15) is 0 Å². The van der Waals surface area contributed by atoms with Gasteiger partial charge in [-0.1, -0.05) is 0 Å². The van der Waals surface area contributed by atoms with Crippen LogP contribution in [0.4, 0.5) is 4.39 Å². The van der Waals surface area contributed by atoms with Gasteiger partial charge in [0.2, 0.25) is 0 Å². The molecule has 0 aliphatic heterocycles. The van der Waals surface area contributed by atoms with E-state index < -0.39 is 5.82 Å². The van der Waals surface area contributed by atoms with Crippen LogP contribution in [0.15, 0.2) is 18.2 Å². The molecular weight excluding hydrogens is 259 g/mol. The summed E-state index contributed by atoms with van der Waals surface area (Å²) in [6, 6.07) is 4.53. The molecule has 0 saturated heterocycles. The zero-order valence-corrected chi connectivity index (χ0v) is 11.7. The minimum atomic E-state index is -0.524. The largest absolute Gasteiger partial charge is 0.494 e. The van der Waals surface area contributed by atoms with Crippen molar-refractivity contribution < 1.29 is 13.9 Å². The quantitative estimate of drug-likeness (QED) is 0.887. The number of benzene rings is 1. The van der Waals surface area contributed by atoms with Crippen LogP contribution in [-0.4, -0.2) is 25.6 Å². The van der Waals surface area contributed by atoms with Gasteiger partial charge < -0.3 is 15.8 Å². The first kappa shape index (κ1) is 14.8. The number of ether oxygens (including phenoxy) is 1. The van der Waals surface area contributed by atoms with E-state index >= 15 is 0 Å². The van der Waals surface area contributed by atoms with Crippen LogP contribution >= 0.6 is 0 Å². The minimum Gasteiger partial charge on any atom is -0.494 e. The predicted molar refractivity (Wildman–Crippen MR) is 75.2 cm³/mol. The van der Waals surface area contributed by atoms with Crippen LogP contribution < -0.4 is 15.8 Å². The van der Waals surface area contributed by atoms with Crippen molar-refractivity contribution in [3.05, 3.63) is 29.6 Å². The third kappa shape index (κ3) is 3.70. The van der Waals surface area contributed by atoms with E-state index in [4.69, 9.17) is 10.5 Å². The van der Waals surface area contributed by atoms with Crippen molar-refractivity contribution in [2.24, 2.45) is 11.7 Å². The first-order valence-electron chi connectivity index (χ1n) is 6.97. The maximum absolute atomic E-state index is 13.5. The summed E-state index contributed by atoms with van der Waals surface area (Å²) in [6.45, 7) is 0.624. The van der Waals surface area contributed by atoms with Crippen LogP contribution in [0.1, 0.15) is 36.0 Å². The molecule has 0 aromatic heterocycles. The van der Waals surface area contributed by atoms with Crippen molar-refractivity contribution in [2.45, 2.75) is 31.7 Å². The van der Waals surface area contributed by atoms with Gasteiger partial charge in [0.15, 0.2) is 11.6 Å². The van der Waals surface area contributed by atoms with E-state index in [9.17, 15) is 9.18 Å². The molecule has 1 aromatic rings. The van der Waals surface area contributed by atoms with Gasteiger partial charge in [-0.25, -0.2) is 4.39 Å². The van der Waals surface area contributed by atoms with Crippen molar-refractivity contribution >= 4 is 5.91 Å². The lowest BCUT2D eigenvalue weighted by molar-refractivity contribution is 0.0942. The highest BCUT2D eigenvalue weighted by molar-refractivity contribution is 5.94. The summed E-state index contributed by atoms with van der Waals surface area (Å²) >= 11 is 0. The van der Waals surface area contributed by atoms with Crippen LogP contribution in [0, 0.1) is 11.7 Å². The van der Waals surface area contributed by atoms with E-state index in [-0.39, 0.29) is 11.7 Å². The normalized spacial score (nSPS) is 22.4. The molecule has 1 aliphatic carbocycles. The predicted octanol–water partition coefficient (Wildman–Crippen LogP) is 2.08. The Morgan fingerprint density at radius 3 is 2.70 bits per heavy atom. The molecule has 5 heteroatoms. The summed E-state index contributed by atoms with van der Waals surface area (Å²) < 4.78 is 18.4. The Kier molecular flexibility index (Phi) is 4.95. The molecule has 1 saturated carbocycles. The molecule has 4 nitrogen and oxygen atoms in total. The molecule has 1 aromatic carbocycles. The zero-order chi connectivity index (χ0) is 14.5. The summed E-state index contributed by atoms with van der Waals surface area (Å²) in [7, 11) is 1.39. The molecule has 1 aliphatic rings. The van der Waals surface area contributed by atoms with E-state index in [1.807, 2.05) is 0 Å². The molecule has 1 amide bonds. The highest BCUT2D eigenvalue weighted by atomic mass is 19.1. The molecular formula is C15H21FN2O2. The Balaban J connectivity index is 1.87. The molecule has 20 heavy (non-hydrogen) atoms. The molecule has 0 heterocycles. The SMILES string of the molecule is COc1ccc(C(=O)NCC2CCC(N)CC2)cc1F. The monoisotopic (exact) mass is 280 g/mol. The number of hydrogen-bond acceptors (Lipinski definition) is 3. The molecule has 0 atom stereocenters. The van der Waals surface area contributed by atoms with Crippen molar-refractivity contribution in [2.75, 3.05) is 13.7 Å². The van der Waals surface area contributed by atoms with E-state index in [2.05, 4.69) is 5.32 Å². The number of amides is 1. The van der Waals surface area contributed by atoms with Crippen LogP contribution in [-0.2, 0) is 0 Å². The molecule has 0 unspecified atom stereocenters. The van der Waals surface area contributed by atoms with Gasteiger partial charge in [-0.15, -0.1) is 0 Å². The topological polar surface area (TPSA) is 64.3 Å². The van der Waals surface area contributed by atoms with Crippen molar-refractivity contribution in [3.63, 3.8) is 0 Å². The fourth-order valence-electron chi connectivity index (χ4n) is 2.54.